The summed E-state index contributed by atoms with van der Waals surface area (Å²) in [5.74, 6) is -3.26. The minimum atomic E-state index is -4.97. The Bertz CT molecular complexity index is 973. The largest absolute Gasteiger partial charge is 0.387 e. The molecular weight excluding hydrogens is 438 g/mol. The molecule has 6 N–H and O–H groups in total. The number of alkyl halides is 1. The van der Waals surface area contributed by atoms with Gasteiger partial charge in [0.15, 0.2) is 23.9 Å². The van der Waals surface area contributed by atoms with E-state index in [0.29, 0.717) is 0 Å². The average molecular weight is 455 g/mol. The van der Waals surface area contributed by atoms with E-state index in [2.05, 4.69) is 15.0 Å². The number of hydrogen-bond acceptors (Lipinski definition) is 9. The molecule has 0 saturated carbocycles. The molecule has 29 heavy (non-hydrogen) atoms. The third-order valence-electron chi connectivity index (χ3n) is 4.18. The Kier molecular flexibility index (Phi) is 6.06. The van der Waals surface area contributed by atoms with E-state index in [1.165, 1.54) is 6.33 Å². The molecule has 1 amide bonds. The molecule has 16 heteroatoms. The van der Waals surface area contributed by atoms with E-state index in [9.17, 15) is 28.6 Å². The molecule has 0 spiro atoms. The van der Waals surface area contributed by atoms with Crippen LogP contribution in [0.15, 0.2) is 6.33 Å². The number of carbonyl (C=O) groups is 1. The fourth-order valence-corrected chi connectivity index (χ4v) is 3.68. The van der Waals surface area contributed by atoms with Gasteiger partial charge in [-0.1, -0.05) is 0 Å². The number of nitrogen functional groups attached to an aromatic ring is 1. The maximum atomic E-state index is 14.7. The number of anilines is 1. The van der Waals surface area contributed by atoms with Gasteiger partial charge in [-0.05, 0) is 11.6 Å². The summed E-state index contributed by atoms with van der Waals surface area (Å²) in [5, 5.41) is 12.0. The number of nitrogens with two attached hydrogens (primary N) is 1. The van der Waals surface area contributed by atoms with Crippen LogP contribution >= 0.6 is 19.2 Å². The fourth-order valence-electron chi connectivity index (χ4n) is 2.80. The maximum Gasteiger partial charge on any atom is 0.363 e. The highest BCUT2D eigenvalue weighted by Gasteiger charge is 2.47. The molecule has 1 aliphatic heterocycles. The third kappa shape index (κ3) is 4.19. The molecule has 0 aromatic carbocycles. The second-order valence-electron chi connectivity index (χ2n) is 6.09. The molecule has 2 aromatic rings. The van der Waals surface area contributed by atoms with Gasteiger partial charge in [0.1, 0.15) is 17.7 Å². The number of carbonyl (C=O) groups excluding carboxylic acids is 1. The maximum absolute atomic E-state index is 14.7. The lowest BCUT2D eigenvalue weighted by molar-refractivity contribution is -0.132. The number of rotatable bonds is 6. The number of aliphatic hydroxyl groups is 1. The fraction of sp³-hybridized carbons (Fsp3) is 0.538. The van der Waals surface area contributed by atoms with Gasteiger partial charge in [-0.15, -0.1) is 0 Å². The average Bonchev–Trinajstić information content (AvgIpc) is 3.16. The lowest BCUT2D eigenvalue weighted by Gasteiger charge is -2.21. The van der Waals surface area contributed by atoms with Crippen molar-refractivity contribution < 1.29 is 38.1 Å². The summed E-state index contributed by atoms with van der Waals surface area (Å²) in [5.41, 5.74) is 5.89. The number of fused-ring (bicyclic) bond motifs is 1. The predicted molar refractivity (Wildman–Crippen MR) is 95.4 cm³/mol. The Morgan fingerprint density at radius 1 is 1.55 bits per heavy atom. The first-order valence-corrected chi connectivity index (χ1v) is 10.1. The summed E-state index contributed by atoms with van der Waals surface area (Å²) in [7, 11) is -3.81. The second kappa shape index (κ2) is 8.07. The van der Waals surface area contributed by atoms with E-state index in [4.69, 9.17) is 26.8 Å². The van der Waals surface area contributed by atoms with Crippen molar-refractivity contribution in [2.24, 2.45) is 0 Å². The Balaban J connectivity index is 1.81. The lowest BCUT2D eigenvalue weighted by Crippen LogP contribution is -2.38. The first kappa shape index (κ1) is 21.8. The normalized spacial score (nSPS) is 26.0. The van der Waals surface area contributed by atoms with Gasteiger partial charge < -0.3 is 35.4 Å². The first-order valence-electron chi connectivity index (χ1n) is 8.06. The van der Waals surface area contributed by atoms with Crippen LogP contribution in [0.3, 0.4) is 0 Å². The van der Waals surface area contributed by atoms with Crippen molar-refractivity contribution in [2.75, 3.05) is 19.4 Å². The standard InChI is InChI=1S/C13H17ClFN6O7P/c1-17-10(23)12(29(24,25)26)27-2-4-7(22)5(15)11(28-4)21-3-18-6-8(16)19-13(14)20-9(6)21/h3-5,7,11-12,22H,2H2,1H3,(H,17,23)(H2,16,19,20)(H2,24,25,26)/t4-,5+,7-,11-,12-/m1/s1. The monoisotopic (exact) mass is 454 g/mol. The number of nitrogens with zero attached hydrogens (tertiary/aromatic N) is 4. The van der Waals surface area contributed by atoms with E-state index in [1.807, 2.05) is 5.32 Å². The predicted octanol–water partition coefficient (Wildman–Crippen LogP) is -1.08. The highest BCUT2D eigenvalue weighted by atomic mass is 35.5. The zero-order valence-electron chi connectivity index (χ0n) is 14.7. The van der Waals surface area contributed by atoms with Gasteiger partial charge in [0, 0.05) is 7.05 Å². The van der Waals surface area contributed by atoms with Gasteiger partial charge in [-0.3, -0.25) is 13.9 Å². The molecule has 3 rings (SSSR count). The molecule has 0 radical (unpaired) electrons. The molecule has 0 unspecified atom stereocenters. The number of amides is 1. The van der Waals surface area contributed by atoms with Crippen molar-refractivity contribution in [1.29, 1.82) is 0 Å². The van der Waals surface area contributed by atoms with Crippen LogP contribution in [0.5, 0.6) is 0 Å². The van der Waals surface area contributed by atoms with Crippen molar-refractivity contribution in [3.63, 3.8) is 0 Å². The molecule has 160 valence electrons. The number of nitrogens with one attached hydrogen (secondary N) is 1. The van der Waals surface area contributed by atoms with Gasteiger partial charge in [0.2, 0.25) is 11.1 Å². The summed E-state index contributed by atoms with van der Waals surface area (Å²) in [6.07, 6.45) is -5.30. The second-order valence-corrected chi connectivity index (χ2v) is 8.08. The zero-order chi connectivity index (χ0) is 21.5. The summed E-state index contributed by atoms with van der Waals surface area (Å²) >= 11 is 5.76. The van der Waals surface area contributed by atoms with E-state index >= 15 is 0 Å². The van der Waals surface area contributed by atoms with Gasteiger partial charge in [0.25, 0.3) is 5.91 Å². The molecule has 1 aliphatic rings. The van der Waals surface area contributed by atoms with Crippen molar-refractivity contribution >= 4 is 42.1 Å². The Labute approximate surface area is 167 Å². The molecule has 1 fully saturated rings. The van der Waals surface area contributed by atoms with E-state index < -0.39 is 50.6 Å². The van der Waals surface area contributed by atoms with Crippen LogP contribution in [0.25, 0.3) is 11.2 Å². The quantitative estimate of drug-likeness (QED) is 0.263. The summed E-state index contributed by atoms with van der Waals surface area (Å²) in [6.45, 7) is -0.675. The van der Waals surface area contributed by atoms with Crippen molar-refractivity contribution in [3.05, 3.63) is 11.6 Å². The Morgan fingerprint density at radius 3 is 2.86 bits per heavy atom. The number of ether oxygens (including phenoxy) is 2. The van der Waals surface area contributed by atoms with Crippen LogP contribution in [0.1, 0.15) is 6.23 Å². The highest BCUT2D eigenvalue weighted by molar-refractivity contribution is 7.53. The number of likely N-dealkylation sites (N-methyl/N-ethyl adjacent to an activating group) is 1. The highest BCUT2D eigenvalue weighted by Crippen LogP contribution is 2.42. The van der Waals surface area contributed by atoms with E-state index in [0.717, 1.165) is 11.6 Å². The van der Waals surface area contributed by atoms with Crippen molar-refractivity contribution in [3.8, 4) is 0 Å². The first-order chi connectivity index (χ1) is 13.5. The van der Waals surface area contributed by atoms with Crippen LogP contribution < -0.4 is 11.1 Å². The summed E-state index contributed by atoms with van der Waals surface area (Å²) < 4.78 is 37.6. The van der Waals surface area contributed by atoms with Crippen molar-refractivity contribution in [1.82, 2.24) is 24.8 Å². The molecule has 5 atom stereocenters. The lowest BCUT2D eigenvalue weighted by atomic mass is 10.1. The van der Waals surface area contributed by atoms with Crippen LogP contribution in [-0.2, 0) is 18.8 Å². The van der Waals surface area contributed by atoms with Gasteiger partial charge in [-0.25, -0.2) is 9.37 Å². The summed E-state index contributed by atoms with van der Waals surface area (Å²) in [6, 6.07) is 0. The topological polar surface area (TPSA) is 195 Å². The molecular formula is C13H17ClFN6O7P. The molecule has 0 bridgehead atoms. The molecule has 3 heterocycles. The smallest absolute Gasteiger partial charge is 0.363 e. The van der Waals surface area contributed by atoms with Crippen LogP contribution in [0.2, 0.25) is 5.28 Å². The molecule has 0 aliphatic carbocycles. The summed E-state index contributed by atoms with van der Waals surface area (Å²) in [4.78, 5) is 41.7. The molecule has 13 nitrogen and oxygen atoms in total. The van der Waals surface area contributed by atoms with Crippen molar-refractivity contribution in [2.45, 2.75) is 30.5 Å². The third-order valence-corrected chi connectivity index (χ3v) is 5.35. The van der Waals surface area contributed by atoms with Crippen LogP contribution in [0, 0.1) is 0 Å². The van der Waals surface area contributed by atoms with Gasteiger partial charge in [0.05, 0.1) is 12.9 Å². The SMILES string of the molecule is CNC(=O)[C@H](OC[C@H]1O[C@@H](n2cnc3c(N)nc(Cl)nc32)[C@@H](F)[C@@H]1O)P(=O)(O)O. The minimum absolute atomic E-state index is 0.0392. The molecule has 2 aromatic heterocycles. The Hall–Kier alpha value is -1.93. The van der Waals surface area contributed by atoms with E-state index in [1.54, 1.807) is 0 Å². The van der Waals surface area contributed by atoms with Crippen LogP contribution in [0.4, 0.5) is 10.2 Å². The number of hydrogen-bond donors (Lipinski definition) is 5. The van der Waals surface area contributed by atoms with Gasteiger partial charge in [-0.2, -0.15) is 9.97 Å². The number of aromatic nitrogens is 4. The van der Waals surface area contributed by atoms with Crippen LogP contribution in [-0.4, -0.2) is 78.2 Å². The van der Waals surface area contributed by atoms with Gasteiger partial charge >= 0.3 is 7.60 Å². The Morgan fingerprint density at radius 2 is 2.24 bits per heavy atom. The minimum Gasteiger partial charge on any atom is -0.387 e. The zero-order valence-corrected chi connectivity index (χ0v) is 16.4. The number of halogens is 2. The van der Waals surface area contributed by atoms with E-state index in [-0.39, 0.29) is 22.3 Å². The number of imidazole rings is 1. The number of aliphatic hydroxyl groups excluding tert-OH is 1. The molecule has 1 saturated heterocycles.